The number of carbonyl (C=O) groups is 1. The van der Waals surface area contributed by atoms with E-state index >= 15 is 0 Å². The summed E-state index contributed by atoms with van der Waals surface area (Å²) in [5, 5.41) is 3.05. The normalized spacial score (nSPS) is 25.4. The van der Waals surface area contributed by atoms with Gasteiger partial charge in [0.05, 0.1) is 11.8 Å². The first-order valence-electron chi connectivity index (χ1n) is 5.70. The maximum atomic E-state index is 11.9. The molecule has 0 atom stereocenters. The Morgan fingerprint density at radius 2 is 2.12 bits per heavy atom. The van der Waals surface area contributed by atoms with Crippen LogP contribution in [0.4, 0.5) is 0 Å². The van der Waals surface area contributed by atoms with Gasteiger partial charge in [-0.2, -0.15) is 0 Å². The van der Waals surface area contributed by atoms with Gasteiger partial charge in [0.15, 0.2) is 4.67 Å². The Balaban J connectivity index is 1.91. The predicted octanol–water partition coefficient (Wildman–Crippen LogP) is 3.35. The zero-order valence-electron chi connectivity index (χ0n) is 9.33. The van der Waals surface area contributed by atoms with Gasteiger partial charge in [0.2, 0.25) is 0 Å². The van der Waals surface area contributed by atoms with Gasteiger partial charge >= 0.3 is 0 Å². The molecule has 1 heterocycles. The topological polar surface area (TPSA) is 42.2 Å². The first-order chi connectivity index (χ1) is 7.66. The summed E-state index contributed by atoms with van der Waals surface area (Å²) in [6, 6.07) is 2.01. The Hall–Kier alpha value is -0.770. The van der Waals surface area contributed by atoms with Crippen LogP contribution in [0.1, 0.15) is 43.0 Å². The molecule has 1 aliphatic rings. The largest absolute Gasteiger partial charge is 0.457 e. The lowest BCUT2D eigenvalue weighted by Gasteiger charge is -2.26. The number of nitrogens with one attached hydrogen (secondary N) is 1. The molecule has 0 aliphatic heterocycles. The van der Waals surface area contributed by atoms with Gasteiger partial charge in [0.25, 0.3) is 5.91 Å². The molecule has 0 aromatic carbocycles. The van der Waals surface area contributed by atoms with Crippen molar-refractivity contribution in [1.29, 1.82) is 0 Å². The summed E-state index contributed by atoms with van der Waals surface area (Å²) in [6.45, 7) is 2.27. The lowest BCUT2D eigenvalue weighted by atomic mass is 9.87. The number of furan rings is 1. The number of carbonyl (C=O) groups excluding carboxylic acids is 1. The van der Waals surface area contributed by atoms with Gasteiger partial charge < -0.3 is 9.73 Å². The molecule has 2 rings (SSSR count). The van der Waals surface area contributed by atoms with Gasteiger partial charge in [0.1, 0.15) is 0 Å². The Labute approximate surface area is 104 Å². The molecule has 88 valence electrons. The smallest absolute Gasteiger partial charge is 0.255 e. The van der Waals surface area contributed by atoms with Gasteiger partial charge in [-0.05, 0) is 53.6 Å². The molecule has 4 heteroatoms. The van der Waals surface area contributed by atoms with E-state index in [1.807, 2.05) is 0 Å². The summed E-state index contributed by atoms with van der Waals surface area (Å²) < 4.78 is 5.56. The third kappa shape index (κ3) is 2.67. The molecule has 0 saturated heterocycles. The van der Waals surface area contributed by atoms with Crippen molar-refractivity contribution in [3.05, 3.63) is 22.6 Å². The van der Waals surface area contributed by atoms with Crippen molar-refractivity contribution in [2.45, 2.75) is 38.6 Å². The molecular weight excluding hydrogens is 270 g/mol. The minimum Gasteiger partial charge on any atom is -0.457 e. The van der Waals surface area contributed by atoms with Gasteiger partial charge in [0, 0.05) is 6.04 Å². The van der Waals surface area contributed by atoms with Crippen molar-refractivity contribution in [2.24, 2.45) is 5.92 Å². The van der Waals surface area contributed by atoms with Crippen molar-refractivity contribution >= 4 is 21.8 Å². The molecule has 1 saturated carbocycles. The summed E-state index contributed by atoms with van der Waals surface area (Å²) in [5.41, 5.74) is 0.582. The van der Waals surface area contributed by atoms with Crippen molar-refractivity contribution in [1.82, 2.24) is 5.32 Å². The minimum atomic E-state index is -0.0415. The van der Waals surface area contributed by atoms with Crippen molar-refractivity contribution in [3.8, 4) is 0 Å². The van der Waals surface area contributed by atoms with E-state index in [1.54, 1.807) is 6.07 Å². The Bertz CT molecular complexity index is 367. The highest BCUT2D eigenvalue weighted by atomic mass is 79.9. The molecule has 0 spiro atoms. The number of amides is 1. The predicted molar refractivity (Wildman–Crippen MR) is 65.3 cm³/mol. The van der Waals surface area contributed by atoms with Crippen LogP contribution in [0.2, 0.25) is 0 Å². The molecule has 1 aromatic rings. The van der Waals surface area contributed by atoms with Gasteiger partial charge in [-0.1, -0.05) is 6.92 Å². The van der Waals surface area contributed by atoms with E-state index in [0.717, 1.165) is 18.8 Å². The third-order valence-electron chi connectivity index (χ3n) is 3.21. The molecule has 1 N–H and O–H groups in total. The molecule has 1 amide bonds. The van der Waals surface area contributed by atoms with Gasteiger partial charge in [-0.15, -0.1) is 0 Å². The highest BCUT2D eigenvalue weighted by molar-refractivity contribution is 9.10. The SMILES string of the molecule is CC1CCC(NC(=O)c2ccoc2Br)CC1. The van der Waals surface area contributed by atoms with E-state index in [1.165, 1.54) is 19.1 Å². The second-order valence-corrected chi connectivity index (χ2v) is 5.26. The molecule has 1 fully saturated rings. The average molecular weight is 286 g/mol. The molecule has 0 radical (unpaired) electrons. The molecule has 1 aliphatic carbocycles. The summed E-state index contributed by atoms with van der Waals surface area (Å²) in [5.74, 6) is 0.758. The molecule has 3 nitrogen and oxygen atoms in total. The van der Waals surface area contributed by atoms with E-state index in [2.05, 4.69) is 28.2 Å². The first kappa shape index (κ1) is 11.7. The molecular formula is C12H16BrNO2. The average Bonchev–Trinajstić information content (AvgIpc) is 2.68. The molecule has 0 bridgehead atoms. The molecule has 16 heavy (non-hydrogen) atoms. The van der Waals surface area contributed by atoms with Crippen molar-refractivity contribution < 1.29 is 9.21 Å². The number of rotatable bonds is 2. The van der Waals surface area contributed by atoms with Crippen LogP contribution in [0.3, 0.4) is 0 Å². The van der Waals surface area contributed by atoms with Crippen LogP contribution >= 0.6 is 15.9 Å². The van der Waals surface area contributed by atoms with Crippen LogP contribution in [0.15, 0.2) is 21.4 Å². The zero-order valence-corrected chi connectivity index (χ0v) is 10.9. The quantitative estimate of drug-likeness (QED) is 0.906. The summed E-state index contributed by atoms with van der Waals surface area (Å²) >= 11 is 3.21. The minimum absolute atomic E-state index is 0.0415. The fraction of sp³-hybridized carbons (Fsp3) is 0.583. The van der Waals surface area contributed by atoms with Crippen molar-refractivity contribution in [2.75, 3.05) is 0 Å². The fourth-order valence-electron chi connectivity index (χ4n) is 2.12. The molecule has 1 aromatic heterocycles. The summed E-state index contributed by atoms with van der Waals surface area (Å²) in [7, 11) is 0. The number of hydrogen-bond acceptors (Lipinski definition) is 2. The van der Waals surface area contributed by atoms with Crippen LogP contribution in [0.25, 0.3) is 0 Å². The van der Waals surface area contributed by atoms with Crippen molar-refractivity contribution in [3.63, 3.8) is 0 Å². The highest BCUT2D eigenvalue weighted by Crippen LogP contribution is 2.24. The van der Waals surface area contributed by atoms with E-state index in [0.29, 0.717) is 16.3 Å². The first-order valence-corrected chi connectivity index (χ1v) is 6.50. The Morgan fingerprint density at radius 1 is 1.44 bits per heavy atom. The second-order valence-electron chi connectivity index (χ2n) is 4.54. The fourth-order valence-corrected chi connectivity index (χ4v) is 2.54. The second kappa shape index (κ2) is 5.04. The van der Waals surface area contributed by atoms with Gasteiger partial charge in [-0.25, -0.2) is 0 Å². The van der Waals surface area contributed by atoms with Crippen LogP contribution in [-0.4, -0.2) is 11.9 Å². The van der Waals surface area contributed by atoms with E-state index < -0.39 is 0 Å². The number of halogens is 1. The van der Waals surface area contributed by atoms with Crippen LogP contribution in [0, 0.1) is 5.92 Å². The van der Waals surface area contributed by atoms with Gasteiger partial charge in [-0.3, -0.25) is 4.79 Å². The Kier molecular flexibility index (Phi) is 3.69. The van der Waals surface area contributed by atoms with E-state index in [9.17, 15) is 4.79 Å². The summed E-state index contributed by atoms with van der Waals surface area (Å²) in [4.78, 5) is 11.9. The lowest BCUT2D eigenvalue weighted by molar-refractivity contribution is 0.0921. The zero-order chi connectivity index (χ0) is 11.5. The van der Waals surface area contributed by atoms with E-state index in [4.69, 9.17) is 4.42 Å². The maximum Gasteiger partial charge on any atom is 0.255 e. The molecule has 0 unspecified atom stereocenters. The highest BCUT2D eigenvalue weighted by Gasteiger charge is 2.21. The van der Waals surface area contributed by atoms with Crippen LogP contribution in [0.5, 0.6) is 0 Å². The third-order valence-corrected chi connectivity index (χ3v) is 3.83. The van der Waals surface area contributed by atoms with Crippen LogP contribution in [-0.2, 0) is 0 Å². The maximum absolute atomic E-state index is 11.9. The van der Waals surface area contributed by atoms with E-state index in [-0.39, 0.29) is 5.91 Å². The summed E-state index contributed by atoms with van der Waals surface area (Å²) in [6.07, 6.45) is 6.10. The lowest BCUT2D eigenvalue weighted by Crippen LogP contribution is -2.37. The number of hydrogen-bond donors (Lipinski definition) is 1. The standard InChI is InChI=1S/C12H16BrNO2/c1-8-2-4-9(5-3-8)14-12(15)10-6-7-16-11(10)13/h6-9H,2-5H2,1H3,(H,14,15). The van der Waals surface area contributed by atoms with Crippen LogP contribution < -0.4 is 5.32 Å². The monoisotopic (exact) mass is 285 g/mol. The Morgan fingerprint density at radius 3 is 2.69 bits per heavy atom.